The van der Waals surface area contributed by atoms with Crippen LogP contribution in [0.2, 0.25) is 5.02 Å². The Hall–Kier alpha value is -4.09. The van der Waals surface area contributed by atoms with Crippen LogP contribution >= 0.6 is 11.6 Å². The molecule has 2 heterocycles. The van der Waals surface area contributed by atoms with Gasteiger partial charge in [-0.15, -0.1) is 0 Å². The molecule has 0 saturated carbocycles. The second-order valence-electron chi connectivity index (χ2n) is 7.63. The monoisotopic (exact) mass is 464 g/mol. The van der Waals surface area contributed by atoms with E-state index in [1.165, 1.54) is 35.4 Å². The molecule has 8 nitrogen and oxygen atoms in total. The molecule has 0 bridgehead atoms. The van der Waals surface area contributed by atoms with Crippen molar-refractivity contribution in [3.63, 3.8) is 0 Å². The Morgan fingerprint density at radius 2 is 1.73 bits per heavy atom. The maximum Gasteiger partial charge on any atom is 0.337 e. The Morgan fingerprint density at radius 3 is 2.30 bits per heavy atom. The molecule has 33 heavy (non-hydrogen) atoms. The van der Waals surface area contributed by atoms with Gasteiger partial charge in [0.2, 0.25) is 0 Å². The van der Waals surface area contributed by atoms with Gasteiger partial charge in [0.1, 0.15) is 11.8 Å². The number of hydrogen-bond acceptors (Lipinski definition) is 6. The van der Waals surface area contributed by atoms with Crippen molar-refractivity contribution in [1.29, 1.82) is 5.26 Å². The molecule has 1 fully saturated rings. The quantitative estimate of drug-likeness (QED) is 0.510. The predicted molar refractivity (Wildman–Crippen MR) is 116 cm³/mol. The van der Waals surface area contributed by atoms with Gasteiger partial charge >= 0.3 is 17.9 Å². The number of ether oxygens (including phenoxy) is 1. The van der Waals surface area contributed by atoms with Gasteiger partial charge in [-0.05, 0) is 35.9 Å². The lowest BCUT2D eigenvalue weighted by molar-refractivity contribution is -0.146. The first-order valence-electron chi connectivity index (χ1n) is 9.87. The average Bonchev–Trinajstić information content (AvgIpc) is 3.11. The van der Waals surface area contributed by atoms with Gasteiger partial charge in [0.15, 0.2) is 5.41 Å². The number of para-hydroxylation sites is 1. The first kappa shape index (κ1) is 22.1. The Labute approximate surface area is 193 Å². The van der Waals surface area contributed by atoms with Gasteiger partial charge in [-0.2, -0.15) is 5.26 Å². The van der Waals surface area contributed by atoms with Crippen LogP contribution in [0.4, 0.5) is 0 Å². The number of esters is 1. The van der Waals surface area contributed by atoms with E-state index < -0.39 is 41.3 Å². The fraction of sp³-hybridized carbons (Fsp3) is 0.167. The van der Waals surface area contributed by atoms with Crippen molar-refractivity contribution in [3.05, 3.63) is 89.1 Å². The topological polar surface area (TPSA) is 128 Å². The van der Waals surface area contributed by atoms with Crippen LogP contribution in [0.3, 0.4) is 0 Å². The summed E-state index contributed by atoms with van der Waals surface area (Å²) < 4.78 is 5.53. The molecule has 4 atom stereocenters. The van der Waals surface area contributed by atoms with Gasteiger partial charge < -0.3 is 19.8 Å². The maximum absolute atomic E-state index is 13.4. The van der Waals surface area contributed by atoms with E-state index in [1.54, 1.807) is 42.5 Å². The van der Waals surface area contributed by atoms with E-state index in [-0.39, 0.29) is 11.3 Å². The highest BCUT2D eigenvalue weighted by molar-refractivity contribution is 6.30. The van der Waals surface area contributed by atoms with Crippen molar-refractivity contribution in [2.45, 2.75) is 18.0 Å². The number of carboxylic acid groups (broad SMARTS) is 2. The number of benzene rings is 2. The first-order chi connectivity index (χ1) is 15.8. The van der Waals surface area contributed by atoms with Gasteiger partial charge in [-0.3, -0.25) is 4.79 Å². The first-order valence-corrected chi connectivity index (χ1v) is 10.2. The van der Waals surface area contributed by atoms with Crippen molar-refractivity contribution in [3.8, 4) is 11.8 Å². The fourth-order valence-electron chi connectivity index (χ4n) is 4.43. The highest BCUT2D eigenvalue weighted by Gasteiger charge is 2.66. The van der Waals surface area contributed by atoms with E-state index in [2.05, 4.69) is 0 Å². The molecule has 2 N–H and O–H groups in total. The van der Waals surface area contributed by atoms with Crippen LogP contribution in [-0.4, -0.2) is 45.1 Å². The molecule has 0 aromatic heterocycles. The average molecular weight is 465 g/mol. The molecule has 2 aliphatic heterocycles. The van der Waals surface area contributed by atoms with Crippen LogP contribution < -0.4 is 4.74 Å². The number of halogens is 1. The molecule has 0 unspecified atom stereocenters. The molecule has 4 rings (SSSR count). The van der Waals surface area contributed by atoms with Crippen LogP contribution in [0.15, 0.2) is 78.5 Å². The van der Waals surface area contributed by atoms with Crippen LogP contribution in [0, 0.1) is 16.7 Å². The largest absolute Gasteiger partial charge is 0.480 e. The molecule has 0 amide bonds. The fourth-order valence-corrected chi connectivity index (χ4v) is 4.56. The second-order valence-corrected chi connectivity index (χ2v) is 8.07. The summed E-state index contributed by atoms with van der Waals surface area (Å²) in [6.07, 6.45) is 3.76. The number of hydrogen-bond donors (Lipinski definition) is 2. The van der Waals surface area contributed by atoms with E-state index in [0.29, 0.717) is 10.6 Å². The highest BCUT2D eigenvalue weighted by Crippen LogP contribution is 2.53. The van der Waals surface area contributed by atoms with E-state index in [4.69, 9.17) is 16.3 Å². The predicted octanol–water partition coefficient (Wildman–Crippen LogP) is 3.21. The third-order valence-corrected chi connectivity index (χ3v) is 6.13. The number of carbonyl (C=O) groups excluding carboxylic acids is 1. The highest BCUT2D eigenvalue weighted by atomic mass is 35.5. The lowest BCUT2D eigenvalue weighted by Crippen LogP contribution is -2.44. The normalized spacial score (nSPS) is 25.5. The molecule has 2 aliphatic rings. The van der Waals surface area contributed by atoms with E-state index >= 15 is 0 Å². The molecule has 0 radical (unpaired) electrons. The number of fused-ring (bicyclic) bond motifs is 1. The van der Waals surface area contributed by atoms with Crippen molar-refractivity contribution < 1.29 is 29.3 Å². The lowest BCUT2D eigenvalue weighted by Gasteiger charge is -2.31. The number of rotatable bonds is 5. The molecule has 1 saturated heterocycles. The van der Waals surface area contributed by atoms with Gasteiger partial charge in [0, 0.05) is 17.1 Å². The van der Waals surface area contributed by atoms with Crippen molar-refractivity contribution in [2.75, 3.05) is 0 Å². The molecule has 9 heteroatoms. The number of nitriles is 1. The number of aliphatic carboxylic acids is 2. The molecular weight excluding hydrogens is 448 g/mol. The van der Waals surface area contributed by atoms with Crippen molar-refractivity contribution in [1.82, 2.24) is 4.90 Å². The van der Waals surface area contributed by atoms with Gasteiger partial charge in [-0.1, -0.05) is 48.0 Å². The zero-order chi connectivity index (χ0) is 23.8. The van der Waals surface area contributed by atoms with Crippen molar-refractivity contribution in [2.24, 2.45) is 5.41 Å². The SMILES string of the molecule is N#C[C@]1(C(=O)O)[C@H](c2ccc(Cl)cc2)[C@H](C(=O)Oc2ccccc2)N2C=C(C(=O)O)C=C[C@@H]21. The molecule has 0 aliphatic carbocycles. The summed E-state index contributed by atoms with van der Waals surface area (Å²) in [6.45, 7) is 0. The summed E-state index contributed by atoms with van der Waals surface area (Å²) in [4.78, 5) is 38.9. The summed E-state index contributed by atoms with van der Waals surface area (Å²) in [7, 11) is 0. The zero-order valence-corrected chi connectivity index (χ0v) is 17.7. The van der Waals surface area contributed by atoms with Crippen LogP contribution in [0.1, 0.15) is 11.5 Å². The zero-order valence-electron chi connectivity index (χ0n) is 17.0. The summed E-state index contributed by atoms with van der Waals surface area (Å²) in [5.41, 5.74) is -1.88. The van der Waals surface area contributed by atoms with Gasteiger partial charge in [-0.25, -0.2) is 9.59 Å². The third-order valence-electron chi connectivity index (χ3n) is 5.88. The lowest BCUT2D eigenvalue weighted by atomic mass is 9.69. The Balaban J connectivity index is 1.91. The minimum Gasteiger partial charge on any atom is -0.480 e. The summed E-state index contributed by atoms with van der Waals surface area (Å²) in [5, 5.41) is 30.3. The van der Waals surface area contributed by atoms with E-state index in [1.807, 2.05) is 6.07 Å². The van der Waals surface area contributed by atoms with E-state index in [0.717, 1.165) is 0 Å². The summed E-state index contributed by atoms with van der Waals surface area (Å²) in [6, 6.07) is 13.9. The van der Waals surface area contributed by atoms with Gasteiger partial charge in [0.25, 0.3) is 0 Å². The third kappa shape index (κ3) is 3.62. The van der Waals surface area contributed by atoms with Crippen LogP contribution in [-0.2, 0) is 14.4 Å². The summed E-state index contributed by atoms with van der Waals surface area (Å²) in [5.74, 6) is -4.47. The maximum atomic E-state index is 13.4. The number of nitrogens with zero attached hydrogens (tertiary/aromatic N) is 2. The standard InChI is InChI=1S/C24H17ClN2O6/c25-16-9-6-14(7-10-16)19-20(22(30)33-17-4-2-1-3-5-17)27-12-15(21(28)29)8-11-18(27)24(19,13-26)23(31)32/h1-12,18-20H,(H,28,29)(H,31,32)/t18-,19-,20-,24-/m1/s1. The molecule has 2 aromatic rings. The van der Waals surface area contributed by atoms with Crippen LogP contribution in [0.5, 0.6) is 5.75 Å². The molecule has 166 valence electrons. The molecular formula is C24H17ClN2O6. The molecule has 2 aromatic carbocycles. The minimum atomic E-state index is -2.11. The Bertz CT molecular complexity index is 1220. The van der Waals surface area contributed by atoms with Crippen LogP contribution in [0.25, 0.3) is 0 Å². The molecule has 0 spiro atoms. The Kier molecular flexibility index (Phi) is 5.66. The Morgan fingerprint density at radius 1 is 1.06 bits per heavy atom. The van der Waals surface area contributed by atoms with Gasteiger partial charge in [0.05, 0.1) is 17.7 Å². The smallest absolute Gasteiger partial charge is 0.337 e. The van der Waals surface area contributed by atoms with Crippen molar-refractivity contribution >= 4 is 29.5 Å². The minimum absolute atomic E-state index is 0.155. The second kappa shape index (κ2) is 8.45. The number of carboxylic acids is 2. The number of carbonyl (C=O) groups is 3. The van der Waals surface area contributed by atoms with E-state index in [9.17, 15) is 29.9 Å². The summed E-state index contributed by atoms with van der Waals surface area (Å²) >= 11 is 6.00.